The Morgan fingerprint density at radius 2 is 1.90 bits per heavy atom. The largest absolute Gasteiger partial charge is 0.382 e. The van der Waals surface area contributed by atoms with Crippen LogP contribution in [0, 0.1) is 0 Å². The number of nitrogens with zero attached hydrogens (tertiary/aromatic N) is 5. The van der Waals surface area contributed by atoms with Gasteiger partial charge in [-0.25, -0.2) is 9.48 Å². The molecule has 0 unspecified atom stereocenters. The first-order valence-corrected chi connectivity index (χ1v) is 5.96. The molecular weight excluding hydrogens is 256 g/mol. The highest BCUT2D eigenvalue weighted by atomic mass is 16.1. The Balaban J connectivity index is 2.07. The Morgan fingerprint density at radius 3 is 2.65 bits per heavy atom. The molecule has 0 aliphatic carbocycles. The first kappa shape index (κ1) is 12.1. The van der Waals surface area contributed by atoms with Gasteiger partial charge in [0.05, 0.1) is 6.20 Å². The minimum Gasteiger partial charge on any atom is -0.382 e. The molecule has 0 spiro atoms. The molecular formula is C13H12N6O. The van der Waals surface area contributed by atoms with Crippen molar-refractivity contribution in [1.29, 1.82) is 0 Å². The number of rotatable bonds is 2. The summed E-state index contributed by atoms with van der Waals surface area (Å²) in [4.78, 5) is 15.1. The molecule has 0 saturated carbocycles. The molecule has 0 saturated heterocycles. The lowest BCUT2D eigenvalue weighted by atomic mass is 10.2. The van der Waals surface area contributed by atoms with E-state index in [1.165, 1.54) is 9.25 Å². The monoisotopic (exact) mass is 268 g/mol. The van der Waals surface area contributed by atoms with Gasteiger partial charge in [-0.05, 0) is 0 Å². The highest BCUT2D eigenvalue weighted by Gasteiger charge is 2.10. The fourth-order valence-corrected chi connectivity index (χ4v) is 1.84. The molecule has 0 amide bonds. The summed E-state index contributed by atoms with van der Waals surface area (Å²) in [5.41, 5.74) is 7.54. The molecule has 0 bridgehead atoms. The average molecular weight is 268 g/mol. The minimum atomic E-state index is -0.408. The van der Waals surface area contributed by atoms with E-state index in [-0.39, 0.29) is 5.82 Å². The van der Waals surface area contributed by atoms with E-state index in [1.54, 1.807) is 19.4 Å². The average Bonchev–Trinajstić information content (AvgIpc) is 2.93. The number of aromatic nitrogens is 5. The van der Waals surface area contributed by atoms with Gasteiger partial charge in [-0.15, -0.1) is 5.10 Å². The molecule has 0 aliphatic heterocycles. The Morgan fingerprint density at radius 1 is 1.15 bits per heavy atom. The minimum absolute atomic E-state index is 0.123. The summed E-state index contributed by atoms with van der Waals surface area (Å²) in [5.74, 6) is 0.123. The predicted octanol–water partition coefficient (Wildman–Crippen LogP) is 0.610. The van der Waals surface area contributed by atoms with Crippen LogP contribution in [0.3, 0.4) is 0 Å². The van der Waals surface area contributed by atoms with E-state index in [9.17, 15) is 4.79 Å². The van der Waals surface area contributed by atoms with E-state index < -0.39 is 5.69 Å². The second-order valence-corrected chi connectivity index (χ2v) is 4.32. The summed E-state index contributed by atoms with van der Waals surface area (Å²) in [5, 5.41) is 8.12. The van der Waals surface area contributed by atoms with Gasteiger partial charge in [-0.3, -0.25) is 4.57 Å². The molecule has 2 N–H and O–H groups in total. The molecule has 0 fully saturated rings. The van der Waals surface area contributed by atoms with Crippen molar-refractivity contribution >= 4 is 5.82 Å². The number of hydrogen-bond acceptors (Lipinski definition) is 5. The van der Waals surface area contributed by atoms with Crippen LogP contribution in [0.2, 0.25) is 0 Å². The lowest BCUT2D eigenvalue weighted by molar-refractivity contribution is 0.754. The molecule has 0 atom stereocenters. The zero-order valence-corrected chi connectivity index (χ0v) is 10.8. The van der Waals surface area contributed by atoms with Gasteiger partial charge in [0.25, 0.3) is 0 Å². The summed E-state index contributed by atoms with van der Waals surface area (Å²) >= 11 is 0. The molecule has 7 nitrogen and oxygen atoms in total. The van der Waals surface area contributed by atoms with Crippen molar-refractivity contribution in [2.24, 2.45) is 7.05 Å². The first-order chi connectivity index (χ1) is 9.65. The van der Waals surface area contributed by atoms with E-state index in [2.05, 4.69) is 15.3 Å². The first-order valence-electron chi connectivity index (χ1n) is 5.96. The van der Waals surface area contributed by atoms with Crippen LogP contribution in [0.5, 0.6) is 0 Å². The Bertz CT molecular complexity index is 805. The Kier molecular flexibility index (Phi) is 2.79. The fourth-order valence-electron chi connectivity index (χ4n) is 1.84. The lowest BCUT2D eigenvalue weighted by Crippen LogP contribution is -2.22. The van der Waals surface area contributed by atoms with Gasteiger partial charge < -0.3 is 5.73 Å². The maximum absolute atomic E-state index is 11.4. The molecule has 2 heterocycles. The molecule has 3 rings (SSSR count). The summed E-state index contributed by atoms with van der Waals surface area (Å²) in [6, 6.07) is 9.67. The molecule has 20 heavy (non-hydrogen) atoms. The third-order valence-corrected chi connectivity index (χ3v) is 2.91. The number of aryl methyl sites for hydroxylation is 1. The predicted molar refractivity (Wildman–Crippen MR) is 74.2 cm³/mol. The number of nitrogens with two attached hydrogens (primary N) is 1. The van der Waals surface area contributed by atoms with Crippen LogP contribution in [0.1, 0.15) is 0 Å². The number of hydrogen-bond donors (Lipinski definition) is 1. The third-order valence-electron chi connectivity index (χ3n) is 2.91. The van der Waals surface area contributed by atoms with Crippen LogP contribution >= 0.6 is 0 Å². The van der Waals surface area contributed by atoms with E-state index in [0.29, 0.717) is 5.69 Å². The molecule has 7 heteroatoms. The summed E-state index contributed by atoms with van der Waals surface area (Å²) in [6.45, 7) is 0. The van der Waals surface area contributed by atoms with Crippen molar-refractivity contribution in [1.82, 2.24) is 24.5 Å². The van der Waals surface area contributed by atoms with Crippen molar-refractivity contribution in [3.63, 3.8) is 0 Å². The highest BCUT2D eigenvalue weighted by molar-refractivity contribution is 5.59. The van der Waals surface area contributed by atoms with Crippen molar-refractivity contribution in [2.45, 2.75) is 0 Å². The van der Waals surface area contributed by atoms with Gasteiger partial charge in [0.15, 0.2) is 5.82 Å². The van der Waals surface area contributed by atoms with Crippen molar-refractivity contribution < 1.29 is 0 Å². The fraction of sp³-hybridized carbons (Fsp3) is 0.0769. The van der Waals surface area contributed by atoms with E-state index in [0.717, 1.165) is 11.3 Å². The highest BCUT2D eigenvalue weighted by Crippen LogP contribution is 2.18. The topological polar surface area (TPSA) is 91.6 Å². The van der Waals surface area contributed by atoms with Crippen molar-refractivity contribution in [2.75, 3.05) is 5.73 Å². The maximum atomic E-state index is 11.4. The van der Waals surface area contributed by atoms with Gasteiger partial charge in [0, 0.05) is 18.8 Å². The van der Waals surface area contributed by atoms with Crippen LogP contribution in [0.15, 0.2) is 47.5 Å². The van der Waals surface area contributed by atoms with Crippen LogP contribution in [0.4, 0.5) is 5.82 Å². The van der Waals surface area contributed by atoms with Crippen molar-refractivity contribution in [3.8, 4) is 16.9 Å². The summed E-state index contributed by atoms with van der Waals surface area (Å²) < 4.78 is 2.85. The van der Waals surface area contributed by atoms with Gasteiger partial charge in [-0.1, -0.05) is 35.5 Å². The third kappa shape index (κ3) is 2.05. The van der Waals surface area contributed by atoms with E-state index in [1.807, 2.05) is 30.3 Å². The second kappa shape index (κ2) is 4.61. The van der Waals surface area contributed by atoms with Gasteiger partial charge in [0.1, 0.15) is 11.4 Å². The van der Waals surface area contributed by atoms with Crippen LogP contribution in [-0.4, -0.2) is 24.5 Å². The van der Waals surface area contributed by atoms with Gasteiger partial charge in [0.2, 0.25) is 0 Å². The molecule has 100 valence electrons. The normalized spacial score (nSPS) is 10.7. The second-order valence-electron chi connectivity index (χ2n) is 4.32. The molecule has 0 aliphatic rings. The zero-order valence-electron chi connectivity index (χ0n) is 10.8. The molecule has 0 radical (unpaired) electrons. The van der Waals surface area contributed by atoms with Gasteiger partial charge >= 0.3 is 5.69 Å². The SMILES string of the molecule is Cn1cc(-n2cc(-c3ccccc3)nn2)c(N)nc1=O. The summed E-state index contributed by atoms with van der Waals surface area (Å²) in [6.07, 6.45) is 3.32. The molecule has 3 aromatic rings. The number of nitrogen functional groups attached to an aromatic ring is 1. The number of benzene rings is 1. The smallest absolute Gasteiger partial charge is 0.349 e. The lowest BCUT2D eigenvalue weighted by Gasteiger charge is -2.05. The molecule has 2 aromatic heterocycles. The van der Waals surface area contributed by atoms with Crippen LogP contribution < -0.4 is 11.4 Å². The Hall–Kier alpha value is -2.96. The number of anilines is 1. The maximum Gasteiger partial charge on any atom is 0.349 e. The zero-order chi connectivity index (χ0) is 14.1. The molecule has 1 aromatic carbocycles. The van der Waals surface area contributed by atoms with Crippen LogP contribution in [0.25, 0.3) is 16.9 Å². The van der Waals surface area contributed by atoms with E-state index in [4.69, 9.17) is 5.73 Å². The summed E-state index contributed by atoms with van der Waals surface area (Å²) in [7, 11) is 1.60. The van der Waals surface area contributed by atoms with Crippen molar-refractivity contribution in [3.05, 3.63) is 53.2 Å². The standard InChI is InChI=1S/C13H12N6O/c1-18-8-11(12(14)15-13(18)20)19-7-10(16-17-19)9-5-3-2-4-6-9/h2-8H,1H3,(H2,14,15,20). The Labute approximate surface area is 114 Å². The van der Waals surface area contributed by atoms with Gasteiger partial charge in [-0.2, -0.15) is 4.98 Å². The van der Waals surface area contributed by atoms with Crippen LogP contribution in [-0.2, 0) is 7.05 Å². The van der Waals surface area contributed by atoms with E-state index >= 15 is 0 Å². The quantitative estimate of drug-likeness (QED) is 0.735.